The van der Waals surface area contributed by atoms with Gasteiger partial charge in [-0.25, -0.2) is 18.5 Å². The Hall–Kier alpha value is -2.49. The van der Waals surface area contributed by atoms with Crippen LogP contribution in [0.5, 0.6) is 5.75 Å². The molecule has 3 N–H and O–H groups in total. The first-order valence-electron chi connectivity index (χ1n) is 9.46. The number of carbonyl (C=O) groups is 1. The average Bonchev–Trinajstić information content (AvgIpc) is 3.12. The quantitative estimate of drug-likeness (QED) is 0.436. The molecule has 0 atom stereocenters. The van der Waals surface area contributed by atoms with Crippen LogP contribution in [0.25, 0.3) is 10.2 Å². The molecule has 3 aromatic rings. The lowest BCUT2D eigenvalue weighted by Crippen LogP contribution is -2.16. The molecule has 0 bridgehead atoms. The number of primary sulfonamides is 1. The highest BCUT2D eigenvalue weighted by Crippen LogP contribution is 2.39. The summed E-state index contributed by atoms with van der Waals surface area (Å²) >= 11 is 1.49. The van der Waals surface area contributed by atoms with E-state index in [0.717, 1.165) is 37.6 Å². The Morgan fingerprint density at radius 2 is 1.77 bits per heavy atom. The highest BCUT2D eigenvalue weighted by molar-refractivity contribution is 7.89. The van der Waals surface area contributed by atoms with Gasteiger partial charge in [-0.2, -0.15) is 0 Å². The summed E-state index contributed by atoms with van der Waals surface area (Å²) in [6.07, 6.45) is 0. The molecule has 0 unspecified atom stereocenters. The van der Waals surface area contributed by atoms with Gasteiger partial charge in [-0.3, -0.25) is 4.79 Å². The van der Waals surface area contributed by atoms with Crippen LogP contribution in [-0.2, 0) is 21.4 Å². The first kappa shape index (κ1) is 22.2. The summed E-state index contributed by atoms with van der Waals surface area (Å²) in [6, 6.07) is 6.39. The van der Waals surface area contributed by atoms with E-state index in [-0.39, 0.29) is 16.8 Å². The fourth-order valence-corrected chi connectivity index (χ4v) is 4.51. The number of benzene rings is 2. The normalized spacial score (nSPS) is 11.8. The van der Waals surface area contributed by atoms with Crippen molar-refractivity contribution >= 4 is 42.7 Å². The molecule has 2 aromatic carbocycles. The van der Waals surface area contributed by atoms with Crippen molar-refractivity contribution in [1.29, 1.82) is 0 Å². The Morgan fingerprint density at radius 1 is 1.13 bits per heavy atom. The van der Waals surface area contributed by atoms with Gasteiger partial charge in [-0.15, -0.1) is 0 Å². The van der Waals surface area contributed by atoms with E-state index in [1.165, 1.54) is 23.5 Å². The lowest BCUT2D eigenvalue weighted by molar-refractivity contribution is -0.137. The topological polar surface area (TPSA) is 111 Å². The number of anilines is 1. The molecule has 0 aliphatic heterocycles. The molecule has 30 heavy (non-hydrogen) atoms. The van der Waals surface area contributed by atoms with Crippen LogP contribution >= 0.6 is 11.3 Å². The predicted molar refractivity (Wildman–Crippen MR) is 119 cm³/mol. The van der Waals surface area contributed by atoms with Crippen LogP contribution in [0.15, 0.2) is 29.2 Å². The average molecular weight is 448 g/mol. The number of nitrogens with zero attached hydrogens (tertiary/aromatic N) is 1. The molecule has 160 valence electrons. The molecular weight excluding hydrogens is 422 g/mol. The SMILES string of the molecule is Cc1c(OC(=O)C(C)C)c(C)c2sc(NCc3ccc(S(N)(=O)=O)cc3)nc2c1C. The molecule has 9 heteroatoms. The largest absolute Gasteiger partial charge is 0.426 e. The Balaban J connectivity index is 1.87. The second-order valence-electron chi connectivity index (χ2n) is 7.52. The highest BCUT2D eigenvalue weighted by Gasteiger charge is 2.20. The number of rotatable bonds is 6. The van der Waals surface area contributed by atoms with Crippen molar-refractivity contribution in [3.05, 3.63) is 46.5 Å². The van der Waals surface area contributed by atoms with Gasteiger partial charge in [0.2, 0.25) is 10.0 Å². The third-order valence-corrected chi connectivity index (χ3v) is 7.00. The fraction of sp³-hybridized carbons (Fsp3) is 0.333. The Bertz CT molecular complexity index is 1210. The van der Waals surface area contributed by atoms with Gasteiger partial charge < -0.3 is 10.1 Å². The Labute approximate surface area is 180 Å². The molecule has 0 saturated carbocycles. The number of thiazole rings is 1. The van der Waals surface area contributed by atoms with E-state index >= 15 is 0 Å². The van der Waals surface area contributed by atoms with Crippen molar-refractivity contribution in [3.8, 4) is 5.75 Å². The lowest BCUT2D eigenvalue weighted by atomic mass is 10.0. The van der Waals surface area contributed by atoms with Crippen molar-refractivity contribution in [2.24, 2.45) is 11.1 Å². The molecule has 1 aromatic heterocycles. The maximum atomic E-state index is 12.1. The molecular formula is C21H25N3O4S2. The van der Waals surface area contributed by atoms with E-state index in [1.807, 2.05) is 34.6 Å². The Kier molecular flexibility index (Phi) is 6.16. The number of aromatic nitrogens is 1. The van der Waals surface area contributed by atoms with E-state index < -0.39 is 10.0 Å². The summed E-state index contributed by atoms with van der Waals surface area (Å²) in [5.41, 5.74) is 4.56. The number of nitrogens with one attached hydrogen (secondary N) is 1. The molecule has 0 aliphatic rings. The Morgan fingerprint density at radius 3 is 2.33 bits per heavy atom. The van der Waals surface area contributed by atoms with Crippen molar-refractivity contribution in [1.82, 2.24) is 4.98 Å². The third kappa shape index (κ3) is 4.48. The van der Waals surface area contributed by atoms with Crippen molar-refractivity contribution in [2.75, 3.05) is 5.32 Å². The third-order valence-electron chi connectivity index (χ3n) is 4.94. The standard InChI is InChI=1S/C21H25N3O4S2/c1-11(2)20(25)28-18-13(4)12(3)17-19(14(18)5)29-21(24-17)23-10-15-6-8-16(9-7-15)30(22,26)27/h6-9,11H,10H2,1-5H3,(H,23,24)(H2,22,26,27). The van der Waals surface area contributed by atoms with E-state index in [1.54, 1.807) is 12.1 Å². The van der Waals surface area contributed by atoms with Crippen LogP contribution in [0.1, 0.15) is 36.1 Å². The monoisotopic (exact) mass is 447 g/mol. The van der Waals surface area contributed by atoms with Gasteiger partial charge in [-0.05, 0) is 49.6 Å². The minimum Gasteiger partial charge on any atom is -0.426 e. The zero-order valence-electron chi connectivity index (χ0n) is 17.6. The van der Waals surface area contributed by atoms with E-state index in [9.17, 15) is 13.2 Å². The smallest absolute Gasteiger partial charge is 0.313 e. The number of fused-ring (bicyclic) bond motifs is 1. The summed E-state index contributed by atoms with van der Waals surface area (Å²) in [4.78, 5) is 16.9. The predicted octanol–water partition coefficient (Wildman–Crippen LogP) is 4.04. The van der Waals surface area contributed by atoms with Crippen LogP contribution in [0.3, 0.4) is 0 Å². The first-order chi connectivity index (χ1) is 14.0. The van der Waals surface area contributed by atoms with E-state index in [0.29, 0.717) is 12.3 Å². The summed E-state index contributed by atoms with van der Waals surface area (Å²) < 4.78 is 29.4. The van der Waals surface area contributed by atoms with Gasteiger partial charge in [0.25, 0.3) is 0 Å². The number of esters is 1. The molecule has 0 spiro atoms. The highest BCUT2D eigenvalue weighted by atomic mass is 32.2. The van der Waals surface area contributed by atoms with E-state index in [2.05, 4.69) is 5.32 Å². The molecule has 0 amide bonds. The number of nitrogens with two attached hydrogens (primary N) is 1. The molecule has 1 heterocycles. The van der Waals surface area contributed by atoms with Gasteiger partial charge in [0.05, 0.1) is 21.0 Å². The van der Waals surface area contributed by atoms with Gasteiger partial charge in [0.1, 0.15) is 5.75 Å². The van der Waals surface area contributed by atoms with Crippen LogP contribution in [0.2, 0.25) is 0 Å². The van der Waals surface area contributed by atoms with Crippen LogP contribution in [-0.4, -0.2) is 19.4 Å². The van der Waals surface area contributed by atoms with Crippen molar-refractivity contribution in [2.45, 2.75) is 46.1 Å². The van der Waals surface area contributed by atoms with Crippen molar-refractivity contribution in [3.63, 3.8) is 0 Å². The molecule has 0 radical (unpaired) electrons. The summed E-state index contributed by atoms with van der Waals surface area (Å²) in [7, 11) is -3.70. The molecule has 0 fully saturated rings. The maximum Gasteiger partial charge on any atom is 0.313 e. The molecule has 3 rings (SSSR count). The van der Waals surface area contributed by atoms with Crippen molar-refractivity contribution < 1.29 is 17.9 Å². The fourth-order valence-electron chi connectivity index (χ4n) is 2.98. The molecule has 7 nitrogen and oxygen atoms in total. The number of ether oxygens (including phenoxy) is 1. The first-order valence-corrected chi connectivity index (χ1v) is 11.8. The zero-order valence-corrected chi connectivity index (χ0v) is 19.2. The van der Waals surface area contributed by atoms with Gasteiger partial charge in [0, 0.05) is 12.1 Å². The second kappa shape index (κ2) is 8.33. The van der Waals surface area contributed by atoms with Crippen LogP contribution < -0.4 is 15.2 Å². The number of hydrogen-bond acceptors (Lipinski definition) is 7. The number of sulfonamides is 1. The van der Waals surface area contributed by atoms with Gasteiger partial charge in [-0.1, -0.05) is 37.3 Å². The summed E-state index contributed by atoms with van der Waals surface area (Å²) in [5, 5.41) is 9.15. The summed E-state index contributed by atoms with van der Waals surface area (Å²) in [6.45, 7) is 9.94. The zero-order chi connectivity index (χ0) is 22.2. The number of carbonyl (C=O) groups excluding carboxylic acids is 1. The van der Waals surface area contributed by atoms with Crippen LogP contribution in [0.4, 0.5) is 5.13 Å². The number of aryl methyl sites for hydroxylation is 2. The van der Waals surface area contributed by atoms with E-state index in [4.69, 9.17) is 14.9 Å². The molecule has 0 saturated heterocycles. The maximum absolute atomic E-state index is 12.1. The van der Waals surface area contributed by atoms with Gasteiger partial charge in [0.15, 0.2) is 5.13 Å². The minimum absolute atomic E-state index is 0.0800. The minimum atomic E-state index is -3.70. The number of hydrogen-bond donors (Lipinski definition) is 2. The second-order valence-corrected chi connectivity index (χ2v) is 10.1. The lowest BCUT2D eigenvalue weighted by Gasteiger charge is -2.14. The van der Waals surface area contributed by atoms with Gasteiger partial charge >= 0.3 is 5.97 Å². The summed E-state index contributed by atoms with van der Waals surface area (Å²) in [5.74, 6) is 0.136. The van der Waals surface area contributed by atoms with Crippen LogP contribution in [0, 0.1) is 26.7 Å². The molecule has 0 aliphatic carbocycles.